The lowest BCUT2D eigenvalue weighted by molar-refractivity contribution is -0.151. The number of allylic oxidation sites excluding steroid dienone is 2. The number of amides is 1. The summed E-state index contributed by atoms with van der Waals surface area (Å²) < 4.78 is 5.96. The van der Waals surface area contributed by atoms with Crippen LogP contribution in [0.15, 0.2) is 12.2 Å². The molecule has 0 saturated carbocycles. The van der Waals surface area contributed by atoms with Gasteiger partial charge >= 0.3 is 5.97 Å². The predicted octanol–water partition coefficient (Wildman–Crippen LogP) is 16.9. The number of carbonyl (C=O) groups excluding carboxylic acids is 2. The Kier molecular flexibility index (Phi) is 49.5. The zero-order chi connectivity index (χ0) is 45.2. The van der Waals surface area contributed by atoms with Crippen LogP contribution < -0.4 is 5.32 Å². The number of aliphatic hydroxyl groups is 2. The molecule has 0 fully saturated rings. The van der Waals surface area contributed by atoms with E-state index in [1.807, 2.05) is 0 Å². The summed E-state index contributed by atoms with van der Waals surface area (Å²) in [6, 6.07) is -0.696. The second-order valence-corrected chi connectivity index (χ2v) is 19.3. The van der Waals surface area contributed by atoms with Crippen LogP contribution in [0.5, 0.6) is 0 Å². The largest absolute Gasteiger partial charge is 0.462 e. The first kappa shape index (κ1) is 60.6. The normalized spacial score (nSPS) is 13.2. The minimum atomic E-state index is -0.783. The van der Waals surface area contributed by atoms with Gasteiger partial charge in [-0.25, -0.2) is 0 Å². The first-order valence-electron chi connectivity index (χ1n) is 27.9. The molecule has 368 valence electrons. The van der Waals surface area contributed by atoms with Crippen LogP contribution in [0.2, 0.25) is 0 Å². The molecule has 0 aromatic rings. The Labute approximate surface area is 387 Å². The van der Waals surface area contributed by atoms with Gasteiger partial charge in [0.1, 0.15) is 6.10 Å². The van der Waals surface area contributed by atoms with Crippen molar-refractivity contribution in [1.82, 2.24) is 5.32 Å². The summed E-state index contributed by atoms with van der Waals surface area (Å²) in [5.74, 6) is -0.457. The number of hydrogen-bond donors (Lipinski definition) is 3. The van der Waals surface area contributed by atoms with Crippen molar-refractivity contribution < 1.29 is 24.5 Å². The Morgan fingerprint density at radius 3 is 1.15 bits per heavy atom. The van der Waals surface area contributed by atoms with Crippen molar-refractivity contribution in [3.8, 4) is 0 Å². The minimum absolute atomic E-state index is 0.0820. The molecule has 3 atom stereocenters. The van der Waals surface area contributed by atoms with Crippen molar-refractivity contribution >= 4 is 11.9 Å². The van der Waals surface area contributed by atoms with Crippen molar-refractivity contribution in [2.24, 2.45) is 0 Å². The van der Waals surface area contributed by atoms with Crippen LogP contribution in [0, 0.1) is 0 Å². The summed E-state index contributed by atoms with van der Waals surface area (Å²) in [4.78, 5) is 26.2. The molecule has 6 heteroatoms. The highest BCUT2D eigenvalue weighted by molar-refractivity contribution is 5.77. The highest BCUT2D eigenvalue weighted by Crippen LogP contribution is 2.19. The van der Waals surface area contributed by atoms with Gasteiger partial charge in [-0.05, 0) is 51.4 Å². The fourth-order valence-corrected chi connectivity index (χ4v) is 8.84. The van der Waals surface area contributed by atoms with Crippen LogP contribution >= 0.6 is 0 Å². The monoisotopic (exact) mass is 876 g/mol. The average Bonchev–Trinajstić information content (AvgIpc) is 3.26. The molecule has 0 bridgehead atoms. The van der Waals surface area contributed by atoms with Crippen molar-refractivity contribution in [3.05, 3.63) is 12.2 Å². The van der Waals surface area contributed by atoms with Crippen molar-refractivity contribution in [2.75, 3.05) is 6.61 Å². The highest BCUT2D eigenvalue weighted by Gasteiger charge is 2.24. The van der Waals surface area contributed by atoms with Crippen LogP contribution in [-0.4, -0.2) is 46.9 Å². The van der Waals surface area contributed by atoms with E-state index in [1.165, 1.54) is 212 Å². The third kappa shape index (κ3) is 45.2. The van der Waals surface area contributed by atoms with E-state index in [1.54, 1.807) is 0 Å². The Balaban J connectivity index is 4.53. The molecule has 6 nitrogen and oxygen atoms in total. The fourth-order valence-electron chi connectivity index (χ4n) is 8.84. The molecule has 0 rings (SSSR count). The standard InChI is InChI=1S/C56H109NO5/c1-4-7-10-13-16-19-22-24-26-27-29-30-33-35-38-41-44-47-52(62-56(61)49-46-43-40-37-34-31-28-25-23-20-17-14-11-8-5-2)50-55(60)57-53(51-58)54(59)48-45-42-39-36-32-21-18-15-12-9-6-3/h24,26,52-54,58-59H,4-23,25,27-51H2,1-3H3,(H,57,60)/b26-24+. The summed E-state index contributed by atoms with van der Waals surface area (Å²) >= 11 is 0. The van der Waals surface area contributed by atoms with E-state index in [9.17, 15) is 19.8 Å². The lowest BCUT2D eigenvalue weighted by atomic mass is 10.0. The number of hydrogen-bond acceptors (Lipinski definition) is 5. The predicted molar refractivity (Wildman–Crippen MR) is 269 cm³/mol. The zero-order valence-electron chi connectivity index (χ0n) is 42.0. The molecule has 1 amide bonds. The molecule has 0 radical (unpaired) electrons. The molecule has 0 aliphatic carbocycles. The van der Waals surface area contributed by atoms with Crippen LogP contribution in [0.3, 0.4) is 0 Å². The molecule has 0 spiro atoms. The highest BCUT2D eigenvalue weighted by atomic mass is 16.5. The van der Waals surface area contributed by atoms with E-state index in [0.29, 0.717) is 19.3 Å². The van der Waals surface area contributed by atoms with Gasteiger partial charge in [0, 0.05) is 6.42 Å². The third-order valence-electron chi connectivity index (χ3n) is 13.1. The topological polar surface area (TPSA) is 95.9 Å². The molecule has 0 aliphatic rings. The number of carbonyl (C=O) groups is 2. The van der Waals surface area contributed by atoms with E-state index in [-0.39, 0.29) is 24.9 Å². The van der Waals surface area contributed by atoms with Gasteiger partial charge in [-0.3, -0.25) is 9.59 Å². The second-order valence-electron chi connectivity index (χ2n) is 19.3. The lowest BCUT2D eigenvalue weighted by Crippen LogP contribution is -2.46. The Bertz CT molecular complexity index is 939. The van der Waals surface area contributed by atoms with Crippen molar-refractivity contribution in [2.45, 2.75) is 328 Å². The van der Waals surface area contributed by atoms with Gasteiger partial charge < -0.3 is 20.3 Å². The van der Waals surface area contributed by atoms with Gasteiger partial charge in [-0.1, -0.05) is 258 Å². The van der Waals surface area contributed by atoms with E-state index >= 15 is 0 Å². The number of esters is 1. The molecule has 3 unspecified atom stereocenters. The smallest absolute Gasteiger partial charge is 0.306 e. The molecular formula is C56H109NO5. The number of aliphatic hydroxyl groups excluding tert-OH is 2. The molecule has 0 saturated heterocycles. The number of rotatable bonds is 51. The number of nitrogens with one attached hydrogen (secondary N) is 1. The second kappa shape index (κ2) is 50.6. The summed E-state index contributed by atoms with van der Waals surface area (Å²) in [7, 11) is 0. The SMILES string of the molecule is CCCCCCCC/C=C/CCCCCCCCCC(CC(=O)NC(CO)C(O)CCCCCCCCCCCCC)OC(=O)CCCCCCCCCCCCCCCCC. The Morgan fingerprint density at radius 2 is 0.774 bits per heavy atom. The number of ether oxygens (including phenoxy) is 1. The Hall–Kier alpha value is -1.40. The Morgan fingerprint density at radius 1 is 0.452 bits per heavy atom. The molecule has 3 N–H and O–H groups in total. The average molecular weight is 876 g/mol. The van der Waals surface area contributed by atoms with Gasteiger partial charge in [0.05, 0.1) is 25.2 Å². The summed E-state index contributed by atoms with van der Waals surface area (Å²) in [6.07, 6.45) is 57.0. The van der Waals surface area contributed by atoms with Crippen LogP contribution in [0.25, 0.3) is 0 Å². The first-order valence-corrected chi connectivity index (χ1v) is 27.9. The van der Waals surface area contributed by atoms with E-state index in [0.717, 1.165) is 51.4 Å². The van der Waals surface area contributed by atoms with Crippen LogP contribution in [0.4, 0.5) is 0 Å². The summed E-state index contributed by atoms with van der Waals surface area (Å²) in [5.41, 5.74) is 0. The summed E-state index contributed by atoms with van der Waals surface area (Å²) in [6.45, 7) is 6.51. The van der Waals surface area contributed by atoms with Gasteiger partial charge in [0.15, 0.2) is 0 Å². The van der Waals surface area contributed by atoms with Crippen molar-refractivity contribution in [1.29, 1.82) is 0 Å². The molecular weight excluding hydrogens is 767 g/mol. The van der Waals surface area contributed by atoms with Gasteiger partial charge in [0.2, 0.25) is 5.91 Å². The summed E-state index contributed by atoms with van der Waals surface area (Å²) in [5, 5.41) is 23.8. The third-order valence-corrected chi connectivity index (χ3v) is 13.1. The first-order chi connectivity index (χ1) is 30.5. The van der Waals surface area contributed by atoms with E-state index < -0.39 is 18.2 Å². The fraction of sp³-hybridized carbons (Fsp3) is 0.929. The molecule has 62 heavy (non-hydrogen) atoms. The zero-order valence-corrected chi connectivity index (χ0v) is 42.0. The maximum Gasteiger partial charge on any atom is 0.306 e. The van der Waals surface area contributed by atoms with E-state index in [4.69, 9.17) is 4.74 Å². The lowest BCUT2D eigenvalue weighted by Gasteiger charge is -2.24. The van der Waals surface area contributed by atoms with Gasteiger partial charge in [-0.2, -0.15) is 0 Å². The van der Waals surface area contributed by atoms with Gasteiger partial charge in [-0.15, -0.1) is 0 Å². The maximum atomic E-state index is 13.2. The quantitative estimate of drug-likeness (QED) is 0.0321. The van der Waals surface area contributed by atoms with E-state index in [2.05, 4.69) is 38.2 Å². The maximum absolute atomic E-state index is 13.2. The number of unbranched alkanes of at least 4 members (excludes halogenated alkanes) is 37. The van der Waals surface area contributed by atoms with Crippen molar-refractivity contribution in [3.63, 3.8) is 0 Å². The molecule has 0 aliphatic heterocycles. The molecule has 0 heterocycles. The minimum Gasteiger partial charge on any atom is -0.462 e. The van der Waals surface area contributed by atoms with Crippen LogP contribution in [0.1, 0.15) is 310 Å². The molecule has 0 aromatic carbocycles. The van der Waals surface area contributed by atoms with Crippen LogP contribution in [-0.2, 0) is 14.3 Å². The molecule has 0 aromatic heterocycles. The van der Waals surface area contributed by atoms with Gasteiger partial charge in [0.25, 0.3) is 0 Å².